The first kappa shape index (κ1) is 7.59. The quantitative estimate of drug-likeness (QED) is 0.667. The number of imidazole rings is 1. The van der Waals surface area contributed by atoms with Crippen LogP contribution in [-0.4, -0.2) is 27.7 Å². The lowest BCUT2D eigenvalue weighted by Crippen LogP contribution is -2.29. The summed E-state index contributed by atoms with van der Waals surface area (Å²) in [5.41, 5.74) is 0. The standard InChI is InChI=1S/C6H9N3O2/c1-2-9(6(10)11)5-7-3-4-8-5/h3-4H,2H2,1H3,(H,7,8)(H,10,11). The first-order valence-electron chi connectivity index (χ1n) is 3.25. The summed E-state index contributed by atoms with van der Waals surface area (Å²) >= 11 is 0. The van der Waals surface area contributed by atoms with E-state index >= 15 is 0 Å². The van der Waals surface area contributed by atoms with Gasteiger partial charge >= 0.3 is 6.09 Å². The lowest BCUT2D eigenvalue weighted by atomic mass is 10.6. The molecule has 0 atom stereocenters. The zero-order valence-electron chi connectivity index (χ0n) is 6.11. The monoisotopic (exact) mass is 155 g/mol. The van der Waals surface area contributed by atoms with Gasteiger partial charge in [0.1, 0.15) is 0 Å². The zero-order valence-corrected chi connectivity index (χ0v) is 6.11. The molecule has 0 spiro atoms. The molecule has 0 fully saturated rings. The van der Waals surface area contributed by atoms with Crippen LogP contribution in [0.15, 0.2) is 12.4 Å². The third kappa shape index (κ3) is 1.49. The number of H-pyrrole nitrogens is 1. The number of aromatic nitrogens is 2. The first-order valence-corrected chi connectivity index (χ1v) is 3.25. The van der Waals surface area contributed by atoms with Crippen molar-refractivity contribution in [2.45, 2.75) is 6.92 Å². The van der Waals surface area contributed by atoms with Crippen LogP contribution in [0.2, 0.25) is 0 Å². The van der Waals surface area contributed by atoms with Crippen LogP contribution in [-0.2, 0) is 0 Å². The number of nitrogens with zero attached hydrogens (tertiary/aromatic N) is 2. The molecular formula is C6H9N3O2. The van der Waals surface area contributed by atoms with Gasteiger partial charge in [-0.3, -0.25) is 0 Å². The van der Waals surface area contributed by atoms with E-state index in [1.165, 1.54) is 6.20 Å². The Morgan fingerprint density at radius 1 is 1.91 bits per heavy atom. The minimum Gasteiger partial charge on any atom is -0.465 e. The van der Waals surface area contributed by atoms with Crippen molar-refractivity contribution in [3.63, 3.8) is 0 Å². The van der Waals surface area contributed by atoms with Gasteiger partial charge in [-0.1, -0.05) is 0 Å². The maximum atomic E-state index is 10.5. The summed E-state index contributed by atoms with van der Waals surface area (Å²) in [5, 5.41) is 8.61. The Morgan fingerprint density at radius 2 is 2.64 bits per heavy atom. The van der Waals surface area contributed by atoms with Crippen LogP contribution in [0.25, 0.3) is 0 Å². The van der Waals surface area contributed by atoms with Gasteiger partial charge < -0.3 is 10.1 Å². The second-order valence-electron chi connectivity index (χ2n) is 1.94. The fourth-order valence-corrected chi connectivity index (χ4v) is 0.780. The van der Waals surface area contributed by atoms with Gasteiger partial charge in [0.05, 0.1) is 0 Å². The number of aromatic amines is 1. The average molecular weight is 155 g/mol. The van der Waals surface area contributed by atoms with Gasteiger partial charge in [0.2, 0.25) is 5.95 Å². The second-order valence-corrected chi connectivity index (χ2v) is 1.94. The van der Waals surface area contributed by atoms with Crippen molar-refractivity contribution in [3.8, 4) is 0 Å². The third-order valence-electron chi connectivity index (χ3n) is 1.29. The number of carbonyl (C=O) groups is 1. The van der Waals surface area contributed by atoms with Crippen molar-refractivity contribution in [1.82, 2.24) is 9.97 Å². The van der Waals surface area contributed by atoms with E-state index in [0.717, 1.165) is 4.90 Å². The van der Waals surface area contributed by atoms with Crippen molar-refractivity contribution in [2.75, 3.05) is 11.4 Å². The van der Waals surface area contributed by atoms with Crippen molar-refractivity contribution in [3.05, 3.63) is 12.4 Å². The van der Waals surface area contributed by atoms with Crippen molar-refractivity contribution < 1.29 is 9.90 Å². The van der Waals surface area contributed by atoms with Crippen molar-refractivity contribution in [2.24, 2.45) is 0 Å². The van der Waals surface area contributed by atoms with Crippen molar-refractivity contribution >= 4 is 12.0 Å². The predicted octanol–water partition coefficient (Wildman–Crippen LogP) is 0.914. The predicted molar refractivity (Wildman–Crippen MR) is 39.6 cm³/mol. The van der Waals surface area contributed by atoms with Crippen LogP contribution in [0, 0.1) is 0 Å². The molecule has 1 heterocycles. The normalized spacial score (nSPS) is 9.55. The summed E-state index contributed by atoms with van der Waals surface area (Å²) < 4.78 is 0. The maximum Gasteiger partial charge on any atom is 0.414 e. The molecule has 1 rings (SSSR count). The molecular weight excluding hydrogens is 146 g/mol. The number of carboxylic acid groups (broad SMARTS) is 1. The molecule has 0 aliphatic carbocycles. The molecule has 2 N–H and O–H groups in total. The number of hydrogen-bond acceptors (Lipinski definition) is 2. The average Bonchev–Trinajstić information content (AvgIpc) is 2.40. The highest BCUT2D eigenvalue weighted by Crippen LogP contribution is 2.04. The molecule has 0 unspecified atom stereocenters. The summed E-state index contributed by atoms with van der Waals surface area (Å²) in [7, 11) is 0. The zero-order chi connectivity index (χ0) is 8.27. The van der Waals surface area contributed by atoms with Crippen LogP contribution < -0.4 is 4.90 Å². The molecule has 0 saturated heterocycles. The molecule has 0 aliphatic heterocycles. The third-order valence-corrected chi connectivity index (χ3v) is 1.29. The smallest absolute Gasteiger partial charge is 0.414 e. The lowest BCUT2D eigenvalue weighted by Gasteiger charge is -2.12. The van der Waals surface area contributed by atoms with Gasteiger partial charge in [0.15, 0.2) is 0 Å². The second kappa shape index (κ2) is 3.05. The highest BCUT2D eigenvalue weighted by molar-refractivity contribution is 5.83. The van der Waals surface area contributed by atoms with Gasteiger partial charge in [-0.15, -0.1) is 0 Å². The highest BCUT2D eigenvalue weighted by atomic mass is 16.4. The van der Waals surface area contributed by atoms with E-state index < -0.39 is 6.09 Å². The summed E-state index contributed by atoms with van der Waals surface area (Å²) in [5.74, 6) is 0.361. The fraction of sp³-hybridized carbons (Fsp3) is 0.333. The molecule has 11 heavy (non-hydrogen) atoms. The SMILES string of the molecule is CCN(C(=O)O)c1ncc[nH]1. The molecule has 1 amide bonds. The summed E-state index contributed by atoms with van der Waals surface area (Å²) in [4.78, 5) is 18.1. The number of rotatable bonds is 2. The minimum atomic E-state index is -0.998. The van der Waals surface area contributed by atoms with E-state index in [0.29, 0.717) is 12.5 Å². The molecule has 60 valence electrons. The summed E-state index contributed by atoms with van der Waals surface area (Å²) in [6, 6.07) is 0. The molecule has 0 saturated carbocycles. The summed E-state index contributed by atoms with van der Waals surface area (Å²) in [6.45, 7) is 2.14. The summed E-state index contributed by atoms with van der Waals surface area (Å²) in [6.07, 6.45) is 2.10. The van der Waals surface area contributed by atoms with Crippen molar-refractivity contribution in [1.29, 1.82) is 0 Å². The van der Waals surface area contributed by atoms with Crippen LogP contribution in [0.1, 0.15) is 6.92 Å². The molecule has 0 radical (unpaired) electrons. The Bertz CT molecular complexity index is 232. The Morgan fingerprint density at radius 3 is 3.00 bits per heavy atom. The Labute approximate surface area is 63.7 Å². The molecule has 0 aromatic carbocycles. The fourth-order valence-electron chi connectivity index (χ4n) is 0.780. The molecule has 1 aromatic heterocycles. The molecule has 5 nitrogen and oxygen atoms in total. The van der Waals surface area contributed by atoms with Crippen LogP contribution in [0.5, 0.6) is 0 Å². The number of amides is 1. The highest BCUT2D eigenvalue weighted by Gasteiger charge is 2.12. The van der Waals surface area contributed by atoms with E-state index in [1.807, 2.05) is 0 Å². The van der Waals surface area contributed by atoms with Gasteiger partial charge in [-0.05, 0) is 6.92 Å². The van der Waals surface area contributed by atoms with E-state index in [2.05, 4.69) is 9.97 Å². The van der Waals surface area contributed by atoms with Crippen LogP contribution >= 0.6 is 0 Å². The molecule has 5 heteroatoms. The Balaban J connectivity index is 2.79. The maximum absolute atomic E-state index is 10.5. The minimum absolute atomic E-state index is 0.361. The topological polar surface area (TPSA) is 69.2 Å². The molecule has 1 aromatic rings. The molecule has 0 aliphatic rings. The van der Waals surface area contributed by atoms with E-state index in [1.54, 1.807) is 13.1 Å². The number of nitrogens with one attached hydrogen (secondary N) is 1. The first-order chi connectivity index (χ1) is 5.25. The number of hydrogen-bond donors (Lipinski definition) is 2. The largest absolute Gasteiger partial charge is 0.465 e. The van der Waals surface area contributed by atoms with E-state index in [4.69, 9.17) is 5.11 Å². The van der Waals surface area contributed by atoms with E-state index in [-0.39, 0.29) is 0 Å². The van der Waals surface area contributed by atoms with E-state index in [9.17, 15) is 4.79 Å². The number of anilines is 1. The van der Waals surface area contributed by atoms with Crippen LogP contribution in [0.4, 0.5) is 10.7 Å². The van der Waals surface area contributed by atoms with Crippen LogP contribution in [0.3, 0.4) is 0 Å². The van der Waals surface area contributed by atoms with Gasteiger partial charge in [-0.2, -0.15) is 0 Å². The van der Waals surface area contributed by atoms with Gasteiger partial charge in [-0.25, -0.2) is 14.7 Å². The Hall–Kier alpha value is -1.52. The van der Waals surface area contributed by atoms with Gasteiger partial charge in [0.25, 0.3) is 0 Å². The Kier molecular flexibility index (Phi) is 2.10. The molecule has 0 bridgehead atoms. The van der Waals surface area contributed by atoms with Gasteiger partial charge in [0, 0.05) is 18.9 Å². The lowest BCUT2D eigenvalue weighted by molar-refractivity contribution is 0.202.